The number of rotatable bonds is 3. The van der Waals surface area contributed by atoms with Gasteiger partial charge in [0.05, 0.1) is 11.9 Å². The molecule has 0 bridgehead atoms. The van der Waals surface area contributed by atoms with Crippen LogP contribution in [0.1, 0.15) is 0 Å². The van der Waals surface area contributed by atoms with Crippen molar-refractivity contribution in [2.75, 3.05) is 10.5 Å². The standard InChI is InChI=1S/C10H10F2N4O2S/c1-16-10(8(13)5-14-16)15-19(17,18)9-3-2-6(11)4-7(9)12/h2-5,15H,13H2,1H3. The van der Waals surface area contributed by atoms with Crippen LogP contribution in [-0.4, -0.2) is 18.2 Å². The van der Waals surface area contributed by atoms with E-state index in [1.807, 2.05) is 0 Å². The number of hydrogen-bond donors (Lipinski definition) is 2. The fourth-order valence-corrected chi connectivity index (χ4v) is 2.63. The molecule has 102 valence electrons. The molecule has 2 rings (SSSR count). The maximum Gasteiger partial charge on any atom is 0.266 e. The quantitative estimate of drug-likeness (QED) is 0.884. The lowest BCUT2D eigenvalue weighted by molar-refractivity contribution is 0.550. The van der Waals surface area contributed by atoms with E-state index >= 15 is 0 Å². The number of halogens is 2. The first-order valence-corrected chi connectivity index (χ1v) is 6.55. The highest BCUT2D eigenvalue weighted by Gasteiger charge is 2.22. The highest BCUT2D eigenvalue weighted by Crippen LogP contribution is 2.22. The third-order valence-corrected chi connectivity index (χ3v) is 3.75. The van der Waals surface area contributed by atoms with Crippen LogP contribution in [0.4, 0.5) is 20.3 Å². The molecule has 3 N–H and O–H groups in total. The molecule has 1 heterocycles. The number of hydrogen-bond acceptors (Lipinski definition) is 4. The second kappa shape index (κ2) is 4.50. The van der Waals surface area contributed by atoms with Gasteiger partial charge in [0.25, 0.3) is 10.0 Å². The zero-order valence-electron chi connectivity index (χ0n) is 9.76. The summed E-state index contributed by atoms with van der Waals surface area (Å²) in [4.78, 5) is -0.672. The molecule has 0 amide bonds. The smallest absolute Gasteiger partial charge is 0.266 e. The maximum atomic E-state index is 13.5. The van der Waals surface area contributed by atoms with Gasteiger partial charge in [0.15, 0.2) is 5.82 Å². The summed E-state index contributed by atoms with van der Waals surface area (Å²) < 4.78 is 53.4. The van der Waals surface area contributed by atoms with Crippen molar-refractivity contribution in [1.29, 1.82) is 0 Å². The average Bonchev–Trinajstić information content (AvgIpc) is 2.60. The van der Waals surface area contributed by atoms with Crippen molar-refractivity contribution in [3.8, 4) is 0 Å². The summed E-state index contributed by atoms with van der Waals surface area (Å²) in [7, 11) is -2.74. The Labute approximate surface area is 107 Å². The van der Waals surface area contributed by atoms with Crippen LogP contribution >= 0.6 is 0 Å². The summed E-state index contributed by atoms with van der Waals surface area (Å²) in [6, 6.07) is 2.17. The Balaban J connectivity index is 2.44. The number of nitrogen functional groups attached to an aromatic ring is 1. The van der Waals surface area contributed by atoms with Crippen LogP contribution < -0.4 is 10.5 Å². The average molecular weight is 288 g/mol. The van der Waals surface area contributed by atoms with Crippen molar-refractivity contribution in [2.45, 2.75) is 4.90 Å². The second-order valence-electron chi connectivity index (χ2n) is 3.75. The number of sulfonamides is 1. The van der Waals surface area contributed by atoms with Crippen molar-refractivity contribution in [2.24, 2.45) is 7.05 Å². The minimum atomic E-state index is -4.21. The topological polar surface area (TPSA) is 90.0 Å². The SMILES string of the molecule is Cn1ncc(N)c1NS(=O)(=O)c1ccc(F)cc1F. The Morgan fingerprint density at radius 1 is 1.37 bits per heavy atom. The van der Waals surface area contributed by atoms with Gasteiger partial charge in [0.1, 0.15) is 16.5 Å². The molecule has 0 aliphatic carbocycles. The number of aromatic nitrogens is 2. The van der Waals surface area contributed by atoms with Crippen LogP contribution in [0.25, 0.3) is 0 Å². The first-order chi connectivity index (χ1) is 8.81. The van der Waals surface area contributed by atoms with Crippen LogP contribution in [0, 0.1) is 11.6 Å². The van der Waals surface area contributed by atoms with Gasteiger partial charge in [0.2, 0.25) is 0 Å². The van der Waals surface area contributed by atoms with Gasteiger partial charge in [-0.3, -0.25) is 9.40 Å². The number of nitrogens with one attached hydrogen (secondary N) is 1. The largest absolute Gasteiger partial charge is 0.394 e. The van der Waals surface area contributed by atoms with E-state index in [1.165, 1.54) is 17.9 Å². The van der Waals surface area contributed by atoms with E-state index in [2.05, 4.69) is 9.82 Å². The van der Waals surface area contributed by atoms with E-state index in [0.29, 0.717) is 6.07 Å². The molecular formula is C10H10F2N4O2S. The molecule has 2 aromatic rings. The molecule has 6 nitrogen and oxygen atoms in total. The first-order valence-electron chi connectivity index (χ1n) is 5.06. The molecule has 0 aliphatic rings. The van der Waals surface area contributed by atoms with E-state index < -0.39 is 26.6 Å². The summed E-state index contributed by atoms with van der Waals surface area (Å²) in [5.41, 5.74) is 5.62. The minimum absolute atomic E-state index is 0.00345. The molecular weight excluding hydrogens is 278 g/mol. The van der Waals surface area contributed by atoms with Crippen molar-refractivity contribution >= 4 is 21.5 Å². The zero-order valence-corrected chi connectivity index (χ0v) is 10.6. The highest BCUT2D eigenvalue weighted by molar-refractivity contribution is 7.92. The third-order valence-electron chi connectivity index (χ3n) is 2.38. The summed E-state index contributed by atoms with van der Waals surface area (Å²) in [5.74, 6) is -2.05. The molecule has 9 heteroatoms. The van der Waals surface area contributed by atoms with Gasteiger partial charge >= 0.3 is 0 Å². The normalized spacial score (nSPS) is 11.5. The van der Waals surface area contributed by atoms with Crippen LogP contribution in [0.2, 0.25) is 0 Å². The van der Waals surface area contributed by atoms with Crippen molar-refractivity contribution in [3.05, 3.63) is 36.0 Å². The van der Waals surface area contributed by atoms with Crippen LogP contribution in [0.15, 0.2) is 29.3 Å². The van der Waals surface area contributed by atoms with E-state index in [1.54, 1.807) is 0 Å². The molecule has 0 radical (unpaired) electrons. The molecule has 0 aliphatic heterocycles. The molecule has 0 spiro atoms. The number of nitrogens with two attached hydrogens (primary N) is 1. The first kappa shape index (κ1) is 13.3. The summed E-state index contributed by atoms with van der Waals surface area (Å²) in [5, 5.41) is 3.74. The molecule has 0 saturated carbocycles. The van der Waals surface area contributed by atoms with Gasteiger partial charge in [-0.1, -0.05) is 0 Å². The molecule has 19 heavy (non-hydrogen) atoms. The summed E-state index contributed by atoms with van der Waals surface area (Å²) >= 11 is 0. The minimum Gasteiger partial charge on any atom is -0.394 e. The lowest BCUT2D eigenvalue weighted by Crippen LogP contribution is -2.17. The Bertz CT molecular complexity index is 708. The molecule has 0 saturated heterocycles. The van der Waals surface area contributed by atoms with Crippen LogP contribution in [0.5, 0.6) is 0 Å². The zero-order chi connectivity index (χ0) is 14.2. The van der Waals surface area contributed by atoms with Gasteiger partial charge in [-0.25, -0.2) is 17.2 Å². The van der Waals surface area contributed by atoms with Gasteiger partial charge < -0.3 is 5.73 Å². The van der Waals surface area contributed by atoms with Gasteiger partial charge in [0, 0.05) is 13.1 Å². The monoisotopic (exact) mass is 288 g/mol. The molecule has 0 atom stereocenters. The third kappa shape index (κ3) is 2.50. The number of anilines is 2. The Morgan fingerprint density at radius 2 is 2.05 bits per heavy atom. The van der Waals surface area contributed by atoms with Crippen molar-refractivity contribution < 1.29 is 17.2 Å². The lowest BCUT2D eigenvalue weighted by atomic mass is 10.3. The molecule has 1 aromatic carbocycles. The molecule has 1 aromatic heterocycles. The summed E-state index contributed by atoms with van der Waals surface area (Å²) in [6.45, 7) is 0. The number of nitrogens with zero attached hydrogens (tertiary/aromatic N) is 2. The van der Waals surface area contributed by atoms with E-state index in [4.69, 9.17) is 5.73 Å². The predicted molar refractivity (Wildman–Crippen MR) is 64.8 cm³/mol. The lowest BCUT2D eigenvalue weighted by Gasteiger charge is -2.09. The number of aryl methyl sites for hydroxylation is 1. The van der Waals surface area contributed by atoms with E-state index in [9.17, 15) is 17.2 Å². The highest BCUT2D eigenvalue weighted by atomic mass is 32.2. The van der Waals surface area contributed by atoms with E-state index in [-0.39, 0.29) is 11.5 Å². The Morgan fingerprint density at radius 3 is 2.58 bits per heavy atom. The van der Waals surface area contributed by atoms with Crippen LogP contribution in [0.3, 0.4) is 0 Å². The fourth-order valence-electron chi connectivity index (χ4n) is 1.45. The maximum absolute atomic E-state index is 13.5. The van der Waals surface area contributed by atoms with Crippen LogP contribution in [-0.2, 0) is 17.1 Å². The second-order valence-corrected chi connectivity index (χ2v) is 5.40. The molecule has 0 unspecified atom stereocenters. The Kier molecular flexibility index (Phi) is 3.14. The predicted octanol–water partition coefficient (Wildman–Crippen LogP) is 1.08. The van der Waals surface area contributed by atoms with Gasteiger partial charge in [-0.2, -0.15) is 5.10 Å². The molecule has 0 fully saturated rings. The van der Waals surface area contributed by atoms with Gasteiger partial charge in [-0.05, 0) is 12.1 Å². The van der Waals surface area contributed by atoms with Crippen molar-refractivity contribution in [1.82, 2.24) is 9.78 Å². The number of benzene rings is 1. The van der Waals surface area contributed by atoms with E-state index in [0.717, 1.165) is 12.1 Å². The summed E-state index contributed by atoms with van der Waals surface area (Å²) in [6.07, 6.45) is 1.25. The van der Waals surface area contributed by atoms with Gasteiger partial charge in [-0.15, -0.1) is 0 Å². The Hall–Kier alpha value is -2.16. The van der Waals surface area contributed by atoms with Crippen molar-refractivity contribution in [3.63, 3.8) is 0 Å². The fraction of sp³-hybridized carbons (Fsp3) is 0.100.